The Morgan fingerprint density at radius 3 is 2.56 bits per heavy atom. The number of rotatable bonds is 4. The first-order valence-electron chi connectivity index (χ1n) is 8.55. The maximum absolute atomic E-state index is 5.92. The van der Waals surface area contributed by atoms with Gasteiger partial charge in [-0.15, -0.1) is 16.4 Å². The topological polar surface area (TPSA) is 81.1 Å². The van der Waals surface area contributed by atoms with Crippen molar-refractivity contribution in [2.75, 3.05) is 23.7 Å². The largest absolute Gasteiger partial charge is 0.408 e. The van der Waals surface area contributed by atoms with Crippen molar-refractivity contribution in [2.24, 2.45) is 0 Å². The Morgan fingerprint density at radius 2 is 1.96 bits per heavy atom. The first-order valence-corrected chi connectivity index (χ1v) is 9.43. The van der Waals surface area contributed by atoms with Gasteiger partial charge in [-0.25, -0.2) is 4.98 Å². The summed E-state index contributed by atoms with van der Waals surface area (Å²) in [6, 6.07) is 11.2. The number of thiazole rings is 1. The van der Waals surface area contributed by atoms with E-state index in [0.717, 1.165) is 38.0 Å². The van der Waals surface area contributed by atoms with Crippen molar-refractivity contribution in [3.63, 3.8) is 0 Å². The van der Waals surface area contributed by atoms with Crippen molar-refractivity contribution in [1.29, 1.82) is 0 Å². The molecule has 7 heteroatoms. The SMILES string of the molecule is CCc1nnc(N2CCC(c3ccccc3)(c3csc(N)n3)CC2)o1. The number of nitrogens with two attached hydrogens (primary N) is 1. The minimum absolute atomic E-state index is 0.112. The number of aryl methyl sites for hydroxylation is 1. The van der Waals surface area contributed by atoms with Gasteiger partial charge in [0.25, 0.3) is 0 Å². The summed E-state index contributed by atoms with van der Waals surface area (Å²) in [6.45, 7) is 3.70. The Balaban J connectivity index is 1.63. The van der Waals surface area contributed by atoms with E-state index in [1.165, 1.54) is 16.9 Å². The van der Waals surface area contributed by atoms with E-state index in [4.69, 9.17) is 10.2 Å². The molecule has 0 saturated carbocycles. The molecule has 1 aromatic carbocycles. The fraction of sp³-hybridized carbons (Fsp3) is 0.389. The maximum Gasteiger partial charge on any atom is 0.318 e. The molecule has 1 aliphatic rings. The van der Waals surface area contributed by atoms with Gasteiger partial charge in [-0.05, 0) is 18.4 Å². The second-order valence-electron chi connectivity index (χ2n) is 6.34. The molecule has 3 heterocycles. The summed E-state index contributed by atoms with van der Waals surface area (Å²) >= 11 is 1.51. The second kappa shape index (κ2) is 6.48. The van der Waals surface area contributed by atoms with Gasteiger partial charge in [-0.2, -0.15) is 0 Å². The van der Waals surface area contributed by atoms with Crippen LogP contribution in [0.15, 0.2) is 40.1 Å². The molecule has 0 amide bonds. The van der Waals surface area contributed by atoms with Gasteiger partial charge in [0.05, 0.1) is 5.69 Å². The summed E-state index contributed by atoms with van der Waals surface area (Å²) in [7, 11) is 0. The highest BCUT2D eigenvalue weighted by molar-refractivity contribution is 7.13. The minimum Gasteiger partial charge on any atom is -0.408 e. The lowest BCUT2D eigenvalue weighted by molar-refractivity contribution is 0.367. The van der Waals surface area contributed by atoms with E-state index < -0.39 is 0 Å². The molecule has 25 heavy (non-hydrogen) atoms. The van der Waals surface area contributed by atoms with Gasteiger partial charge in [0, 0.05) is 30.3 Å². The predicted octanol–water partition coefficient (Wildman–Crippen LogP) is 3.26. The summed E-state index contributed by atoms with van der Waals surface area (Å²) in [5.41, 5.74) is 8.17. The molecule has 4 rings (SSSR count). The number of nitrogens with zero attached hydrogens (tertiary/aromatic N) is 4. The zero-order chi connectivity index (χ0) is 17.3. The third-order valence-corrected chi connectivity index (χ3v) is 5.66. The van der Waals surface area contributed by atoms with Gasteiger partial charge in [-0.3, -0.25) is 0 Å². The van der Waals surface area contributed by atoms with Gasteiger partial charge < -0.3 is 15.1 Å². The number of hydrogen-bond donors (Lipinski definition) is 1. The highest BCUT2D eigenvalue weighted by Crippen LogP contribution is 2.42. The van der Waals surface area contributed by atoms with Crippen LogP contribution >= 0.6 is 11.3 Å². The zero-order valence-corrected chi connectivity index (χ0v) is 15.0. The molecular formula is C18H21N5OS. The van der Waals surface area contributed by atoms with Crippen LogP contribution in [0.5, 0.6) is 0 Å². The van der Waals surface area contributed by atoms with Crippen molar-refractivity contribution < 1.29 is 4.42 Å². The van der Waals surface area contributed by atoms with E-state index in [2.05, 4.69) is 49.7 Å². The molecule has 0 spiro atoms. The average molecular weight is 355 g/mol. The lowest BCUT2D eigenvalue weighted by Gasteiger charge is -2.40. The van der Waals surface area contributed by atoms with Gasteiger partial charge in [0.15, 0.2) is 5.13 Å². The summed E-state index contributed by atoms with van der Waals surface area (Å²) in [5, 5.41) is 11.0. The standard InChI is InChI=1S/C18H21N5OS/c1-2-15-21-22-17(24-15)23-10-8-18(9-11-23,13-6-4-3-5-7-13)14-12-25-16(19)20-14/h3-7,12H,2,8-11H2,1H3,(H2,19,20). The van der Waals surface area contributed by atoms with Crippen molar-refractivity contribution in [3.05, 3.63) is 52.9 Å². The van der Waals surface area contributed by atoms with Crippen LogP contribution in [0.4, 0.5) is 11.1 Å². The van der Waals surface area contributed by atoms with Crippen LogP contribution in [-0.4, -0.2) is 28.3 Å². The molecule has 1 saturated heterocycles. The molecule has 0 radical (unpaired) electrons. The highest BCUT2D eigenvalue weighted by atomic mass is 32.1. The van der Waals surface area contributed by atoms with Crippen molar-refractivity contribution in [3.8, 4) is 0 Å². The van der Waals surface area contributed by atoms with Crippen LogP contribution in [0.3, 0.4) is 0 Å². The number of nitrogen functional groups attached to an aromatic ring is 1. The number of hydrogen-bond acceptors (Lipinski definition) is 7. The smallest absolute Gasteiger partial charge is 0.318 e. The summed E-state index contributed by atoms with van der Waals surface area (Å²) in [5.74, 6) is 0.683. The molecule has 2 aromatic heterocycles. The summed E-state index contributed by atoms with van der Waals surface area (Å²) < 4.78 is 5.73. The van der Waals surface area contributed by atoms with Crippen LogP contribution in [-0.2, 0) is 11.8 Å². The average Bonchev–Trinajstić information content (AvgIpc) is 3.32. The summed E-state index contributed by atoms with van der Waals surface area (Å²) in [4.78, 5) is 6.79. The number of anilines is 2. The van der Waals surface area contributed by atoms with Crippen LogP contribution in [0.2, 0.25) is 0 Å². The molecule has 1 fully saturated rings. The first-order chi connectivity index (χ1) is 12.2. The molecule has 0 aliphatic carbocycles. The second-order valence-corrected chi connectivity index (χ2v) is 7.23. The van der Waals surface area contributed by atoms with Gasteiger partial charge in [0.1, 0.15) is 0 Å². The van der Waals surface area contributed by atoms with E-state index in [1.54, 1.807) is 0 Å². The Hall–Kier alpha value is -2.41. The first kappa shape index (κ1) is 16.1. The van der Waals surface area contributed by atoms with Crippen LogP contribution < -0.4 is 10.6 Å². The minimum atomic E-state index is -0.112. The van der Waals surface area contributed by atoms with E-state index in [0.29, 0.717) is 17.0 Å². The molecule has 0 atom stereocenters. The zero-order valence-electron chi connectivity index (χ0n) is 14.2. The maximum atomic E-state index is 5.92. The lowest BCUT2D eigenvalue weighted by Crippen LogP contribution is -2.43. The van der Waals surface area contributed by atoms with Crippen LogP contribution in [0.1, 0.15) is 36.9 Å². The van der Waals surface area contributed by atoms with Gasteiger partial charge in [0.2, 0.25) is 5.89 Å². The fourth-order valence-corrected chi connectivity index (χ4v) is 4.21. The Labute approximate surface area is 150 Å². The Kier molecular flexibility index (Phi) is 4.17. The molecule has 2 N–H and O–H groups in total. The Morgan fingerprint density at radius 1 is 1.20 bits per heavy atom. The third-order valence-electron chi connectivity index (χ3n) is 4.98. The van der Waals surface area contributed by atoms with E-state index >= 15 is 0 Å². The molecule has 1 aliphatic heterocycles. The number of piperidine rings is 1. The fourth-order valence-electron chi connectivity index (χ4n) is 3.55. The van der Waals surface area contributed by atoms with Gasteiger partial charge >= 0.3 is 6.01 Å². The van der Waals surface area contributed by atoms with E-state index in [-0.39, 0.29) is 5.41 Å². The predicted molar refractivity (Wildman–Crippen MR) is 98.9 cm³/mol. The normalized spacial score (nSPS) is 16.9. The quantitative estimate of drug-likeness (QED) is 0.774. The molecule has 3 aromatic rings. The third kappa shape index (κ3) is 2.89. The van der Waals surface area contributed by atoms with E-state index in [1.807, 2.05) is 13.0 Å². The van der Waals surface area contributed by atoms with E-state index in [9.17, 15) is 0 Å². The van der Waals surface area contributed by atoms with Crippen LogP contribution in [0.25, 0.3) is 0 Å². The lowest BCUT2D eigenvalue weighted by atomic mass is 9.71. The van der Waals surface area contributed by atoms with Crippen molar-refractivity contribution in [2.45, 2.75) is 31.6 Å². The molecule has 130 valence electrons. The molecule has 0 bridgehead atoms. The van der Waals surface area contributed by atoms with Crippen LogP contribution in [0, 0.1) is 0 Å². The molecule has 6 nitrogen and oxygen atoms in total. The highest BCUT2D eigenvalue weighted by Gasteiger charge is 2.40. The van der Waals surface area contributed by atoms with Crippen molar-refractivity contribution in [1.82, 2.24) is 15.2 Å². The number of benzene rings is 1. The van der Waals surface area contributed by atoms with Gasteiger partial charge in [-0.1, -0.05) is 42.4 Å². The monoisotopic (exact) mass is 355 g/mol. The molecule has 0 unspecified atom stereocenters. The number of aromatic nitrogens is 3. The molecular weight excluding hydrogens is 334 g/mol. The summed E-state index contributed by atoms with van der Waals surface area (Å²) in [6.07, 6.45) is 2.63. The Bertz CT molecular complexity index is 836. The van der Waals surface area contributed by atoms with Crippen molar-refractivity contribution >= 4 is 22.5 Å².